The molecule has 0 spiro atoms. The van der Waals surface area contributed by atoms with Gasteiger partial charge in [0.25, 0.3) is 0 Å². The summed E-state index contributed by atoms with van der Waals surface area (Å²) in [4.78, 5) is 13.4. The third kappa shape index (κ3) is 3.99. The van der Waals surface area contributed by atoms with Crippen LogP contribution in [0.2, 0.25) is 0 Å². The first-order valence-electron chi connectivity index (χ1n) is 5.83. The molecule has 1 aromatic carbocycles. The number of carbonyl (C=O) groups excluding carboxylic acids is 1. The molecule has 0 bridgehead atoms. The van der Waals surface area contributed by atoms with Gasteiger partial charge in [-0.05, 0) is 24.8 Å². The van der Waals surface area contributed by atoms with Crippen molar-refractivity contribution in [2.24, 2.45) is 11.7 Å². The summed E-state index contributed by atoms with van der Waals surface area (Å²) in [6.45, 7) is 2.01. The van der Waals surface area contributed by atoms with Crippen molar-refractivity contribution in [3.05, 3.63) is 24.3 Å². The first-order chi connectivity index (χ1) is 8.60. The summed E-state index contributed by atoms with van der Waals surface area (Å²) < 4.78 is 0. The molecule has 0 saturated carbocycles. The van der Waals surface area contributed by atoms with Crippen LogP contribution in [0, 0.1) is 5.92 Å². The number of hydrogen-bond donors (Lipinski definition) is 2. The van der Waals surface area contributed by atoms with E-state index in [9.17, 15) is 4.79 Å². The predicted octanol–water partition coefficient (Wildman–Crippen LogP) is 3.05. The summed E-state index contributed by atoms with van der Waals surface area (Å²) in [7, 11) is 0. The molecule has 1 aromatic rings. The highest BCUT2D eigenvalue weighted by molar-refractivity contribution is 7.98. The number of nitrogens with two attached hydrogens (primary N) is 1. The molecule has 0 aliphatic carbocycles. The highest BCUT2D eigenvalue weighted by atomic mass is 32.2. The van der Waals surface area contributed by atoms with Crippen LogP contribution in [-0.4, -0.2) is 17.2 Å². The van der Waals surface area contributed by atoms with Crippen molar-refractivity contribution in [2.75, 3.05) is 11.6 Å². The second kappa shape index (κ2) is 7.38. The summed E-state index contributed by atoms with van der Waals surface area (Å²) in [5.74, 6) is -0.509. The highest BCUT2D eigenvalue weighted by Crippen LogP contribution is 2.25. The van der Waals surface area contributed by atoms with E-state index in [0.717, 1.165) is 17.0 Å². The summed E-state index contributed by atoms with van der Waals surface area (Å²) in [6.07, 6.45) is 3.53. The van der Waals surface area contributed by atoms with Gasteiger partial charge in [0.05, 0.1) is 16.6 Å². The van der Waals surface area contributed by atoms with Crippen molar-refractivity contribution in [2.45, 2.75) is 24.7 Å². The molecule has 0 radical (unpaired) electrons. The van der Waals surface area contributed by atoms with Crippen LogP contribution in [0.15, 0.2) is 29.2 Å². The fourth-order valence-corrected chi connectivity index (χ4v) is 2.44. The van der Waals surface area contributed by atoms with E-state index in [1.807, 2.05) is 37.4 Å². The lowest BCUT2D eigenvalue weighted by Crippen LogP contribution is -2.33. The second-order valence-electron chi connectivity index (χ2n) is 3.93. The van der Waals surface area contributed by atoms with Gasteiger partial charge in [0.15, 0.2) is 0 Å². The number of hydrogen-bond acceptors (Lipinski definition) is 3. The van der Waals surface area contributed by atoms with Gasteiger partial charge in [0, 0.05) is 4.90 Å². The third-order valence-corrected chi connectivity index (χ3v) is 3.68. The van der Waals surface area contributed by atoms with E-state index in [2.05, 4.69) is 5.32 Å². The fraction of sp³-hybridized carbons (Fsp3) is 0.385. The molecule has 0 aliphatic rings. The third-order valence-electron chi connectivity index (χ3n) is 2.60. The van der Waals surface area contributed by atoms with Crippen LogP contribution in [0.1, 0.15) is 19.8 Å². The van der Waals surface area contributed by atoms with Gasteiger partial charge in [-0.25, -0.2) is 0 Å². The molecule has 0 heterocycles. The van der Waals surface area contributed by atoms with Crippen LogP contribution < -0.4 is 11.1 Å². The topological polar surface area (TPSA) is 55.1 Å². The quantitative estimate of drug-likeness (QED) is 0.622. The van der Waals surface area contributed by atoms with Crippen molar-refractivity contribution >= 4 is 40.6 Å². The van der Waals surface area contributed by atoms with Crippen LogP contribution in [-0.2, 0) is 4.79 Å². The maximum absolute atomic E-state index is 12.1. The van der Waals surface area contributed by atoms with Crippen molar-refractivity contribution in [1.82, 2.24) is 0 Å². The summed E-state index contributed by atoms with van der Waals surface area (Å²) in [5, 5.41) is 2.90. The normalized spacial score (nSPS) is 11.9. The maximum Gasteiger partial charge on any atom is 0.234 e. The molecule has 1 amide bonds. The summed E-state index contributed by atoms with van der Waals surface area (Å²) in [5.41, 5.74) is 6.43. The average Bonchev–Trinajstić information content (AvgIpc) is 2.36. The van der Waals surface area contributed by atoms with Crippen molar-refractivity contribution in [3.63, 3.8) is 0 Å². The number of rotatable bonds is 6. The largest absolute Gasteiger partial charge is 0.393 e. The van der Waals surface area contributed by atoms with Crippen LogP contribution in [0.4, 0.5) is 5.69 Å². The lowest BCUT2D eigenvalue weighted by molar-refractivity contribution is -0.118. The Morgan fingerprint density at radius 2 is 2.17 bits per heavy atom. The van der Waals surface area contributed by atoms with Crippen LogP contribution in [0.3, 0.4) is 0 Å². The highest BCUT2D eigenvalue weighted by Gasteiger charge is 2.21. The van der Waals surface area contributed by atoms with E-state index in [-0.39, 0.29) is 16.8 Å². The summed E-state index contributed by atoms with van der Waals surface area (Å²) in [6, 6.07) is 7.69. The lowest BCUT2D eigenvalue weighted by Gasteiger charge is -2.16. The Kier molecular flexibility index (Phi) is 6.15. The van der Waals surface area contributed by atoms with Gasteiger partial charge in [0.2, 0.25) is 5.91 Å². The Morgan fingerprint density at radius 3 is 2.72 bits per heavy atom. The molecule has 0 aliphatic heterocycles. The van der Waals surface area contributed by atoms with E-state index in [1.54, 1.807) is 11.8 Å². The van der Waals surface area contributed by atoms with Gasteiger partial charge in [-0.2, -0.15) is 0 Å². The molecule has 5 heteroatoms. The molecule has 18 heavy (non-hydrogen) atoms. The van der Waals surface area contributed by atoms with Gasteiger partial charge in [0.1, 0.15) is 0 Å². The Hall–Kier alpha value is -1.07. The molecular weight excluding hydrogens is 264 g/mol. The molecule has 0 aromatic heterocycles. The second-order valence-corrected chi connectivity index (χ2v) is 5.25. The number of anilines is 1. The average molecular weight is 282 g/mol. The van der Waals surface area contributed by atoms with E-state index in [4.69, 9.17) is 18.0 Å². The fourth-order valence-electron chi connectivity index (χ4n) is 1.66. The Morgan fingerprint density at radius 1 is 1.50 bits per heavy atom. The first-order valence-corrected chi connectivity index (χ1v) is 7.46. The molecule has 1 rings (SSSR count). The van der Waals surface area contributed by atoms with Crippen molar-refractivity contribution in [3.8, 4) is 0 Å². The Bertz CT molecular complexity index is 435. The number of thioether (sulfide) groups is 1. The SMILES string of the molecule is CCCC(C(=O)Nc1ccccc1SC)C(N)=S. The minimum Gasteiger partial charge on any atom is -0.393 e. The molecule has 3 nitrogen and oxygen atoms in total. The van der Waals surface area contributed by atoms with Gasteiger partial charge >= 0.3 is 0 Å². The molecule has 1 unspecified atom stereocenters. The number of thiocarbonyl (C=S) groups is 1. The number of para-hydroxylation sites is 1. The molecule has 3 N–H and O–H groups in total. The van der Waals surface area contributed by atoms with Crippen molar-refractivity contribution < 1.29 is 4.79 Å². The van der Waals surface area contributed by atoms with Crippen LogP contribution >= 0.6 is 24.0 Å². The molecule has 98 valence electrons. The van der Waals surface area contributed by atoms with Gasteiger partial charge in [-0.1, -0.05) is 37.7 Å². The van der Waals surface area contributed by atoms with Crippen molar-refractivity contribution in [1.29, 1.82) is 0 Å². The lowest BCUT2D eigenvalue weighted by atomic mass is 10.0. The van der Waals surface area contributed by atoms with Crippen LogP contribution in [0.5, 0.6) is 0 Å². The van der Waals surface area contributed by atoms with E-state index < -0.39 is 0 Å². The minimum absolute atomic E-state index is 0.120. The zero-order valence-electron chi connectivity index (χ0n) is 10.6. The van der Waals surface area contributed by atoms with Gasteiger partial charge in [-0.15, -0.1) is 11.8 Å². The number of nitrogens with one attached hydrogen (secondary N) is 1. The van der Waals surface area contributed by atoms with E-state index >= 15 is 0 Å². The molecule has 1 atom stereocenters. The maximum atomic E-state index is 12.1. The zero-order chi connectivity index (χ0) is 13.5. The van der Waals surface area contributed by atoms with Gasteiger partial charge in [-0.3, -0.25) is 4.79 Å². The van der Waals surface area contributed by atoms with Crippen LogP contribution in [0.25, 0.3) is 0 Å². The minimum atomic E-state index is -0.389. The number of amides is 1. The smallest absolute Gasteiger partial charge is 0.234 e. The Labute approximate surface area is 118 Å². The standard InChI is InChI=1S/C13H18N2OS2/c1-3-6-9(12(14)17)13(16)15-10-7-4-5-8-11(10)18-2/h4-5,7-9H,3,6H2,1-2H3,(H2,14,17)(H,15,16). The van der Waals surface area contributed by atoms with Gasteiger partial charge < -0.3 is 11.1 Å². The predicted molar refractivity (Wildman–Crippen MR) is 82.0 cm³/mol. The van der Waals surface area contributed by atoms with E-state index in [0.29, 0.717) is 6.42 Å². The Balaban J connectivity index is 2.82. The molecular formula is C13H18N2OS2. The number of carbonyl (C=O) groups is 1. The molecule has 0 fully saturated rings. The zero-order valence-corrected chi connectivity index (χ0v) is 12.2. The number of benzene rings is 1. The summed E-state index contributed by atoms with van der Waals surface area (Å²) >= 11 is 6.54. The van der Waals surface area contributed by atoms with E-state index in [1.165, 1.54) is 0 Å². The molecule has 0 saturated heterocycles. The first kappa shape index (κ1) is 15.0. The monoisotopic (exact) mass is 282 g/mol.